The van der Waals surface area contributed by atoms with E-state index in [9.17, 15) is 4.79 Å². The fraction of sp³-hybridized carbons (Fsp3) is 0.444. The van der Waals surface area contributed by atoms with Crippen LogP contribution in [-0.4, -0.2) is 45.7 Å². The molecule has 5 heteroatoms. The number of rotatable bonds is 2. The van der Waals surface area contributed by atoms with Gasteiger partial charge in [0.25, 0.3) is 0 Å². The van der Waals surface area contributed by atoms with E-state index in [4.69, 9.17) is 0 Å². The van der Waals surface area contributed by atoms with Crippen molar-refractivity contribution in [2.75, 3.05) is 13.1 Å². The quantitative estimate of drug-likeness (QED) is 0.927. The first-order valence-electron chi connectivity index (χ1n) is 8.35. The molecule has 0 aromatic carbocycles. The van der Waals surface area contributed by atoms with Gasteiger partial charge in [0.1, 0.15) is 0 Å². The molecule has 2 aromatic rings. The number of hydrogen-bond donors (Lipinski definition) is 1. The first-order valence-corrected chi connectivity index (χ1v) is 8.35. The maximum atomic E-state index is 12.5. The Kier molecular flexibility index (Phi) is 3.65. The minimum Gasteiger partial charge on any atom is -0.333 e. The van der Waals surface area contributed by atoms with E-state index in [0.29, 0.717) is 12.0 Å². The third kappa shape index (κ3) is 2.77. The zero-order valence-electron chi connectivity index (χ0n) is 13.4. The Bertz CT molecular complexity index is 696. The van der Waals surface area contributed by atoms with Crippen LogP contribution in [-0.2, 0) is 0 Å². The Hall–Kier alpha value is -2.14. The molecule has 5 heterocycles. The first-order chi connectivity index (χ1) is 11.2. The molecule has 0 saturated carbocycles. The van der Waals surface area contributed by atoms with Gasteiger partial charge in [0.2, 0.25) is 0 Å². The van der Waals surface area contributed by atoms with E-state index in [2.05, 4.69) is 22.1 Å². The summed E-state index contributed by atoms with van der Waals surface area (Å²) in [5.74, 6) is 0.616. The Morgan fingerprint density at radius 3 is 2.96 bits per heavy atom. The average Bonchev–Trinajstić information content (AvgIpc) is 3.07. The summed E-state index contributed by atoms with van der Waals surface area (Å²) in [4.78, 5) is 19.3. The molecule has 0 spiro atoms. The monoisotopic (exact) mass is 310 g/mol. The van der Waals surface area contributed by atoms with Gasteiger partial charge in [-0.25, -0.2) is 4.79 Å². The lowest BCUT2D eigenvalue weighted by Gasteiger charge is -2.48. The van der Waals surface area contributed by atoms with Crippen LogP contribution in [0.15, 0.2) is 42.9 Å². The zero-order valence-corrected chi connectivity index (χ0v) is 13.4. The number of hydrogen-bond acceptors (Lipinski definition) is 3. The summed E-state index contributed by atoms with van der Waals surface area (Å²) < 4.78 is 1.63. The van der Waals surface area contributed by atoms with Crippen molar-refractivity contribution in [3.05, 3.63) is 42.9 Å². The SMILES string of the molecule is CC1CC2CCN1C[C@@H]2NC(=O)n1ccc(-c2ccccn2)c1. The lowest BCUT2D eigenvalue weighted by molar-refractivity contribution is 0.0322. The molecule has 0 aliphatic carbocycles. The summed E-state index contributed by atoms with van der Waals surface area (Å²) in [5, 5.41) is 3.21. The minimum atomic E-state index is -0.0430. The van der Waals surface area contributed by atoms with Crippen LogP contribution in [0.3, 0.4) is 0 Å². The smallest absolute Gasteiger partial charge is 0.325 e. The second-order valence-corrected chi connectivity index (χ2v) is 6.71. The van der Waals surface area contributed by atoms with Crippen LogP contribution in [0.1, 0.15) is 19.8 Å². The van der Waals surface area contributed by atoms with Crippen LogP contribution in [0, 0.1) is 5.92 Å². The Balaban J connectivity index is 1.45. The third-order valence-electron chi connectivity index (χ3n) is 5.25. The van der Waals surface area contributed by atoms with Gasteiger partial charge >= 0.3 is 6.03 Å². The van der Waals surface area contributed by atoms with E-state index in [0.717, 1.165) is 17.8 Å². The number of piperidine rings is 3. The molecule has 3 aliphatic heterocycles. The lowest BCUT2D eigenvalue weighted by atomic mass is 9.80. The molecule has 120 valence electrons. The van der Waals surface area contributed by atoms with Gasteiger partial charge in [-0.3, -0.25) is 14.5 Å². The molecule has 1 amide bonds. The molecule has 3 fully saturated rings. The summed E-state index contributed by atoms with van der Waals surface area (Å²) in [5.41, 5.74) is 1.85. The van der Waals surface area contributed by atoms with Gasteiger partial charge in [-0.05, 0) is 50.4 Å². The van der Waals surface area contributed by atoms with E-state index < -0.39 is 0 Å². The number of nitrogens with one attached hydrogen (secondary N) is 1. The van der Waals surface area contributed by atoms with Crippen LogP contribution in [0.2, 0.25) is 0 Å². The number of carbonyl (C=O) groups excluding carboxylic acids is 1. The molecular formula is C18H22N4O. The van der Waals surface area contributed by atoms with Crippen LogP contribution >= 0.6 is 0 Å². The highest BCUT2D eigenvalue weighted by atomic mass is 16.2. The first kappa shape index (κ1) is 14.5. The Labute approximate surface area is 136 Å². The van der Waals surface area contributed by atoms with Crippen molar-refractivity contribution >= 4 is 6.03 Å². The van der Waals surface area contributed by atoms with Gasteiger partial charge in [-0.2, -0.15) is 0 Å². The molecule has 5 rings (SSSR count). The van der Waals surface area contributed by atoms with E-state index in [-0.39, 0.29) is 12.1 Å². The normalized spacial score (nSPS) is 29.4. The second kappa shape index (κ2) is 5.81. The topological polar surface area (TPSA) is 50.2 Å². The van der Waals surface area contributed by atoms with Crippen LogP contribution in [0.25, 0.3) is 11.3 Å². The number of amides is 1. The number of pyridine rings is 1. The Morgan fingerprint density at radius 2 is 2.26 bits per heavy atom. The van der Waals surface area contributed by atoms with Crippen molar-refractivity contribution in [2.24, 2.45) is 5.92 Å². The third-order valence-corrected chi connectivity index (χ3v) is 5.25. The highest BCUT2D eigenvalue weighted by Gasteiger charge is 2.38. The van der Waals surface area contributed by atoms with Crippen molar-refractivity contribution < 1.29 is 4.79 Å². The molecule has 3 saturated heterocycles. The number of carbonyl (C=O) groups is 1. The van der Waals surface area contributed by atoms with Gasteiger partial charge < -0.3 is 5.32 Å². The van der Waals surface area contributed by atoms with E-state index >= 15 is 0 Å². The van der Waals surface area contributed by atoms with Crippen LogP contribution in [0.5, 0.6) is 0 Å². The van der Waals surface area contributed by atoms with Gasteiger partial charge in [0.05, 0.1) is 5.69 Å². The Morgan fingerprint density at radius 1 is 1.35 bits per heavy atom. The van der Waals surface area contributed by atoms with Crippen molar-refractivity contribution in [1.82, 2.24) is 19.8 Å². The molecule has 4 atom stereocenters. The summed E-state index contributed by atoms with van der Waals surface area (Å²) in [6.07, 6.45) is 7.81. The van der Waals surface area contributed by atoms with Gasteiger partial charge in [0, 0.05) is 42.8 Å². The lowest BCUT2D eigenvalue weighted by Crippen LogP contribution is -2.60. The molecule has 2 bridgehead atoms. The fourth-order valence-corrected chi connectivity index (χ4v) is 3.90. The van der Waals surface area contributed by atoms with E-state index in [1.165, 1.54) is 19.4 Å². The van der Waals surface area contributed by atoms with Gasteiger partial charge in [0.15, 0.2) is 0 Å². The highest BCUT2D eigenvalue weighted by Crippen LogP contribution is 2.32. The van der Waals surface area contributed by atoms with Crippen molar-refractivity contribution in [1.29, 1.82) is 0 Å². The van der Waals surface area contributed by atoms with Crippen LogP contribution < -0.4 is 5.32 Å². The van der Waals surface area contributed by atoms with Crippen molar-refractivity contribution in [2.45, 2.75) is 31.8 Å². The summed E-state index contributed by atoms with van der Waals surface area (Å²) >= 11 is 0. The highest BCUT2D eigenvalue weighted by molar-refractivity contribution is 5.79. The molecular weight excluding hydrogens is 288 g/mol. The molecule has 5 nitrogen and oxygen atoms in total. The van der Waals surface area contributed by atoms with Crippen molar-refractivity contribution in [3.63, 3.8) is 0 Å². The zero-order chi connectivity index (χ0) is 15.8. The number of aromatic nitrogens is 2. The molecule has 23 heavy (non-hydrogen) atoms. The molecule has 2 aromatic heterocycles. The predicted molar refractivity (Wildman–Crippen MR) is 89.1 cm³/mol. The second-order valence-electron chi connectivity index (χ2n) is 6.71. The maximum Gasteiger partial charge on any atom is 0.325 e. The largest absolute Gasteiger partial charge is 0.333 e. The van der Waals surface area contributed by atoms with Crippen LogP contribution in [0.4, 0.5) is 4.79 Å². The average molecular weight is 310 g/mol. The summed E-state index contributed by atoms with van der Waals surface area (Å²) in [7, 11) is 0. The summed E-state index contributed by atoms with van der Waals surface area (Å²) in [6, 6.07) is 8.61. The molecule has 0 radical (unpaired) electrons. The number of nitrogens with zero attached hydrogens (tertiary/aromatic N) is 3. The molecule has 1 N–H and O–H groups in total. The van der Waals surface area contributed by atoms with Gasteiger partial charge in [-0.1, -0.05) is 6.07 Å². The fourth-order valence-electron chi connectivity index (χ4n) is 3.90. The van der Waals surface area contributed by atoms with E-state index in [1.54, 1.807) is 10.8 Å². The van der Waals surface area contributed by atoms with Crippen molar-refractivity contribution in [3.8, 4) is 11.3 Å². The number of fused-ring (bicyclic) bond motifs is 3. The minimum absolute atomic E-state index is 0.0430. The van der Waals surface area contributed by atoms with Gasteiger partial charge in [-0.15, -0.1) is 0 Å². The predicted octanol–water partition coefficient (Wildman–Crippen LogP) is 2.59. The standard InChI is InChI=1S/C18H22N4O/c1-13-10-14-5-8-21(13)12-17(14)20-18(23)22-9-6-15(11-22)16-4-2-3-7-19-16/h2-4,6-7,9,11,13-14,17H,5,8,10,12H2,1H3,(H,20,23)/t13?,14?,17-/m0/s1. The van der Waals surface area contributed by atoms with E-state index in [1.807, 2.05) is 36.7 Å². The summed E-state index contributed by atoms with van der Waals surface area (Å²) in [6.45, 7) is 4.44. The molecule has 3 unspecified atom stereocenters. The molecule has 3 aliphatic rings. The maximum absolute atomic E-state index is 12.5.